The Hall–Kier alpha value is -2.13. The molecule has 2 nitrogen and oxygen atoms in total. The number of nitrogens with one attached hydrogen (secondary N) is 1. The first kappa shape index (κ1) is 12.9. The second-order valence-electron chi connectivity index (χ2n) is 4.59. The van der Waals surface area contributed by atoms with Crippen molar-refractivity contribution < 1.29 is 9.18 Å². The molecule has 3 aromatic rings. The summed E-state index contributed by atoms with van der Waals surface area (Å²) in [5, 5.41) is 1.40. The smallest absolute Gasteiger partial charge is 0.169 e. The minimum Gasteiger partial charge on any atom is -0.359 e. The van der Waals surface area contributed by atoms with E-state index >= 15 is 0 Å². The van der Waals surface area contributed by atoms with E-state index in [2.05, 4.69) is 4.98 Å². The highest BCUT2D eigenvalue weighted by Crippen LogP contribution is 2.26. The molecule has 100 valence electrons. The third kappa shape index (κ3) is 2.32. The predicted octanol–water partition coefficient (Wildman–Crippen LogP) is 4.39. The number of hydrogen-bond acceptors (Lipinski definition) is 1. The fourth-order valence-electron chi connectivity index (χ4n) is 2.23. The highest BCUT2D eigenvalue weighted by Gasteiger charge is 2.13. The molecule has 0 radical (unpaired) electrons. The second kappa shape index (κ2) is 5.10. The Kier molecular flexibility index (Phi) is 3.28. The number of rotatable bonds is 3. The SMILES string of the molecule is O=C(Cc1ccc(F)cc1)c1c[nH]c2c(Cl)cccc12. The average molecular weight is 288 g/mol. The van der Waals surface area contributed by atoms with Gasteiger partial charge in [0, 0.05) is 23.6 Å². The van der Waals surface area contributed by atoms with Gasteiger partial charge in [0.2, 0.25) is 0 Å². The van der Waals surface area contributed by atoms with E-state index < -0.39 is 0 Å². The topological polar surface area (TPSA) is 32.9 Å². The number of carbonyl (C=O) groups excluding carboxylic acids is 1. The summed E-state index contributed by atoms with van der Waals surface area (Å²) >= 11 is 6.07. The zero-order chi connectivity index (χ0) is 14.1. The molecule has 1 aromatic heterocycles. The molecule has 4 heteroatoms. The Morgan fingerprint density at radius 2 is 1.90 bits per heavy atom. The van der Waals surface area contributed by atoms with Crippen molar-refractivity contribution in [1.29, 1.82) is 0 Å². The molecule has 3 rings (SSSR count). The molecular formula is C16H11ClFNO. The van der Waals surface area contributed by atoms with Crippen molar-refractivity contribution in [1.82, 2.24) is 4.98 Å². The van der Waals surface area contributed by atoms with Crippen LogP contribution in [-0.4, -0.2) is 10.8 Å². The Labute approximate surface area is 120 Å². The number of halogens is 2. The molecule has 0 saturated heterocycles. The van der Waals surface area contributed by atoms with Crippen LogP contribution in [0.25, 0.3) is 10.9 Å². The molecule has 0 amide bonds. The molecule has 1 heterocycles. The van der Waals surface area contributed by atoms with Crippen LogP contribution >= 0.6 is 11.6 Å². The van der Waals surface area contributed by atoms with Crippen LogP contribution in [0.15, 0.2) is 48.7 Å². The van der Waals surface area contributed by atoms with Crippen LogP contribution in [0.2, 0.25) is 5.02 Å². The summed E-state index contributed by atoms with van der Waals surface area (Å²) in [7, 11) is 0. The maximum Gasteiger partial charge on any atom is 0.169 e. The van der Waals surface area contributed by atoms with E-state index in [1.165, 1.54) is 12.1 Å². The zero-order valence-electron chi connectivity index (χ0n) is 10.5. The number of aromatic nitrogens is 1. The summed E-state index contributed by atoms with van der Waals surface area (Å²) in [5.41, 5.74) is 2.15. The Morgan fingerprint density at radius 3 is 2.65 bits per heavy atom. The molecular weight excluding hydrogens is 277 g/mol. The molecule has 0 aliphatic heterocycles. The first-order chi connectivity index (χ1) is 9.65. The standard InChI is InChI=1S/C16H11ClFNO/c17-14-3-1-2-12-13(9-19-16(12)14)15(20)8-10-4-6-11(18)7-5-10/h1-7,9,19H,8H2. The first-order valence-electron chi connectivity index (χ1n) is 6.18. The molecule has 2 aromatic carbocycles. The number of Topliss-reactive ketones (excluding diaryl/α,β-unsaturated/α-hetero) is 1. The van der Waals surface area contributed by atoms with Gasteiger partial charge in [-0.2, -0.15) is 0 Å². The molecule has 0 spiro atoms. The molecule has 0 atom stereocenters. The zero-order valence-corrected chi connectivity index (χ0v) is 11.2. The monoisotopic (exact) mass is 287 g/mol. The van der Waals surface area contributed by atoms with Crippen LogP contribution in [0.5, 0.6) is 0 Å². The Balaban J connectivity index is 1.93. The van der Waals surface area contributed by atoms with Gasteiger partial charge in [-0.1, -0.05) is 35.9 Å². The van der Waals surface area contributed by atoms with Gasteiger partial charge in [-0.3, -0.25) is 4.79 Å². The number of benzene rings is 2. The van der Waals surface area contributed by atoms with Gasteiger partial charge in [-0.25, -0.2) is 4.39 Å². The predicted molar refractivity (Wildman–Crippen MR) is 77.7 cm³/mol. The lowest BCUT2D eigenvalue weighted by Gasteiger charge is -2.01. The molecule has 0 aliphatic carbocycles. The van der Waals surface area contributed by atoms with Crippen molar-refractivity contribution >= 4 is 28.3 Å². The molecule has 0 aliphatic rings. The summed E-state index contributed by atoms with van der Waals surface area (Å²) in [4.78, 5) is 15.3. The summed E-state index contributed by atoms with van der Waals surface area (Å²) < 4.78 is 12.8. The molecule has 20 heavy (non-hydrogen) atoms. The van der Waals surface area contributed by atoms with E-state index in [0.29, 0.717) is 10.6 Å². The van der Waals surface area contributed by atoms with Gasteiger partial charge in [0.15, 0.2) is 5.78 Å². The van der Waals surface area contributed by atoms with E-state index in [4.69, 9.17) is 11.6 Å². The third-order valence-electron chi connectivity index (χ3n) is 3.24. The van der Waals surface area contributed by atoms with Crippen LogP contribution in [-0.2, 0) is 6.42 Å². The van der Waals surface area contributed by atoms with Crippen LogP contribution in [0.3, 0.4) is 0 Å². The normalized spacial score (nSPS) is 10.9. The van der Waals surface area contributed by atoms with Crippen molar-refractivity contribution in [3.8, 4) is 0 Å². The van der Waals surface area contributed by atoms with Gasteiger partial charge in [0.1, 0.15) is 5.82 Å². The van der Waals surface area contributed by atoms with Gasteiger partial charge in [-0.15, -0.1) is 0 Å². The Morgan fingerprint density at radius 1 is 1.15 bits per heavy atom. The molecule has 0 saturated carbocycles. The molecule has 0 unspecified atom stereocenters. The lowest BCUT2D eigenvalue weighted by Crippen LogP contribution is -2.02. The van der Waals surface area contributed by atoms with Crippen molar-refractivity contribution in [3.63, 3.8) is 0 Å². The number of para-hydroxylation sites is 1. The third-order valence-corrected chi connectivity index (χ3v) is 3.56. The van der Waals surface area contributed by atoms with Crippen molar-refractivity contribution in [2.45, 2.75) is 6.42 Å². The summed E-state index contributed by atoms with van der Waals surface area (Å²) in [5.74, 6) is -0.329. The summed E-state index contributed by atoms with van der Waals surface area (Å²) in [6.45, 7) is 0. The minimum absolute atomic E-state index is 0.0230. The van der Waals surface area contributed by atoms with E-state index in [0.717, 1.165) is 16.5 Å². The highest BCUT2D eigenvalue weighted by atomic mass is 35.5. The number of hydrogen-bond donors (Lipinski definition) is 1. The van der Waals surface area contributed by atoms with Crippen molar-refractivity contribution in [2.75, 3.05) is 0 Å². The van der Waals surface area contributed by atoms with Gasteiger partial charge < -0.3 is 4.98 Å². The number of fused-ring (bicyclic) bond motifs is 1. The minimum atomic E-state index is -0.305. The van der Waals surface area contributed by atoms with Crippen molar-refractivity contribution in [3.05, 3.63) is 70.6 Å². The van der Waals surface area contributed by atoms with Crippen LogP contribution in [0, 0.1) is 5.82 Å². The molecule has 0 bridgehead atoms. The van der Waals surface area contributed by atoms with Crippen LogP contribution in [0.4, 0.5) is 4.39 Å². The number of ketones is 1. The first-order valence-corrected chi connectivity index (χ1v) is 6.56. The van der Waals surface area contributed by atoms with Crippen LogP contribution < -0.4 is 0 Å². The lowest BCUT2D eigenvalue weighted by atomic mass is 10.0. The van der Waals surface area contributed by atoms with E-state index in [1.54, 1.807) is 24.4 Å². The fourth-order valence-corrected chi connectivity index (χ4v) is 2.46. The van der Waals surface area contributed by atoms with Gasteiger partial charge >= 0.3 is 0 Å². The maximum atomic E-state index is 12.8. The largest absolute Gasteiger partial charge is 0.359 e. The van der Waals surface area contributed by atoms with Gasteiger partial charge in [-0.05, 0) is 23.8 Å². The maximum absolute atomic E-state index is 12.8. The highest BCUT2D eigenvalue weighted by molar-refractivity contribution is 6.35. The van der Waals surface area contributed by atoms with E-state index in [-0.39, 0.29) is 18.0 Å². The second-order valence-corrected chi connectivity index (χ2v) is 5.00. The number of H-pyrrole nitrogens is 1. The van der Waals surface area contributed by atoms with Crippen molar-refractivity contribution in [2.24, 2.45) is 0 Å². The molecule has 1 N–H and O–H groups in total. The fraction of sp³-hybridized carbons (Fsp3) is 0.0625. The number of aromatic amines is 1. The summed E-state index contributed by atoms with van der Waals surface area (Å²) in [6.07, 6.45) is 1.90. The van der Waals surface area contributed by atoms with Gasteiger partial charge in [0.05, 0.1) is 10.5 Å². The van der Waals surface area contributed by atoms with Gasteiger partial charge in [0.25, 0.3) is 0 Å². The number of carbonyl (C=O) groups is 1. The summed E-state index contributed by atoms with van der Waals surface area (Å²) in [6, 6.07) is 11.4. The van der Waals surface area contributed by atoms with E-state index in [9.17, 15) is 9.18 Å². The molecule has 0 fully saturated rings. The van der Waals surface area contributed by atoms with E-state index in [1.807, 2.05) is 12.1 Å². The quantitative estimate of drug-likeness (QED) is 0.712. The van der Waals surface area contributed by atoms with Crippen LogP contribution in [0.1, 0.15) is 15.9 Å². The average Bonchev–Trinajstić information content (AvgIpc) is 2.87. The Bertz CT molecular complexity index is 777. The lowest BCUT2D eigenvalue weighted by molar-refractivity contribution is 0.0994.